The van der Waals surface area contributed by atoms with Crippen LogP contribution in [-0.2, 0) is 6.54 Å². The van der Waals surface area contributed by atoms with Crippen LogP contribution >= 0.6 is 11.6 Å². The normalized spacial score (nSPS) is 18.1. The highest BCUT2D eigenvalue weighted by molar-refractivity contribution is 6.32. The fourth-order valence-corrected chi connectivity index (χ4v) is 3.05. The summed E-state index contributed by atoms with van der Waals surface area (Å²) in [6, 6.07) is 4.54. The van der Waals surface area contributed by atoms with E-state index in [4.69, 9.17) is 21.1 Å². The molecular formula is C15H20ClNO3. The Morgan fingerprint density at radius 1 is 1.25 bits per heavy atom. The summed E-state index contributed by atoms with van der Waals surface area (Å²) in [6.45, 7) is 2.80. The molecule has 0 aromatic heterocycles. The maximum Gasteiger partial charge on any atom is 0.179 e. The van der Waals surface area contributed by atoms with Crippen molar-refractivity contribution < 1.29 is 14.6 Å². The van der Waals surface area contributed by atoms with E-state index >= 15 is 0 Å². The smallest absolute Gasteiger partial charge is 0.179 e. The summed E-state index contributed by atoms with van der Waals surface area (Å²) in [4.78, 5) is 2.32. The lowest BCUT2D eigenvalue weighted by Gasteiger charge is -2.37. The largest absolute Gasteiger partial charge is 0.486 e. The second-order valence-corrected chi connectivity index (χ2v) is 5.79. The van der Waals surface area contributed by atoms with Gasteiger partial charge < -0.3 is 14.6 Å². The molecule has 110 valence electrons. The molecule has 1 heterocycles. The summed E-state index contributed by atoms with van der Waals surface area (Å²) in [6.07, 6.45) is 3.73. The summed E-state index contributed by atoms with van der Waals surface area (Å²) >= 11 is 6.26. The first kappa shape index (κ1) is 14.0. The van der Waals surface area contributed by atoms with Crippen molar-refractivity contribution in [1.29, 1.82) is 0 Å². The van der Waals surface area contributed by atoms with Gasteiger partial charge in [-0.2, -0.15) is 0 Å². The van der Waals surface area contributed by atoms with E-state index in [1.807, 2.05) is 12.1 Å². The van der Waals surface area contributed by atoms with Crippen LogP contribution in [0.3, 0.4) is 0 Å². The molecule has 1 N–H and O–H groups in total. The molecule has 1 aliphatic carbocycles. The van der Waals surface area contributed by atoms with Crippen LogP contribution in [0.1, 0.15) is 24.8 Å². The van der Waals surface area contributed by atoms with Crippen LogP contribution in [0.4, 0.5) is 0 Å². The van der Waals surface area contributed by atoms with E-state index in [9.17, 15) is 5.11 Å². The lowest BCUT2D eigenvalue weighted by molar-refractivity contribution is 0.0943. The van der Waals surface area contributed by atoms with Gasteiger partial charge in [0.1, 0.15) is 13.2 Å². The third-order valence-corrected chi connectivity index (χ3v) is 4.30. The Balaban J connectivity index is 1.77. The summed E-state index contributed by atoms with van der Waals surface area (Å²) in [7, 11) is 0. The summed E-state index contributed by atoms with van der Waals surface area (Å²) in [5, 5.41) is 9.82. The van der Waals surface area contributed by atoms with Gasteiger partial charge in [-0.3, -0.25) is 4.90 Å². The fraction of sp³-hybridized carbons (Fsp3) is 0.600. The van der Waals surface area contributed by atoms with Gasteiger partial charge >= 0.3 is 0 Å². The first-order valence-electron chi connectivity index (χ1n) is 7.21. The number of aliphatic hydroxyl groups excluding tert-OH is 1. The molecule has 5 heteroatoms. The predicted molar refractivity (Wildman–Crippen MR) is 77.6 cm³/mol. The fourth-order valence-electron chi connectivity index (χ4n) is 2.76. The highest BCUT2D eigenvalue weighted by atomic mass is 35.5. The van der Waals surface area contributed by atoms with Crippen LogP contribution in [0.2, 0.25) is 5.02 Å². The van der Waals surface area contributed by atoms with E-state index in [0.29, 0.717) is 36.6 Å². The van der Waals surface area contributed by atoms with E-state index in [1.54, 1.807) is 0 Å². The van der Waals surface area contributed by atoms with Gasteiger partial charge in [-0.1, -0.05) is 18.0 Å². The molecule has 4 nitrogen and oxygen atoms in total. The minimum Gasteiger partial charge on any atom is -0.486 e. The number of aliphatic hydroxyl groups is 1. The Kier molecular flexibility index (Phi) is 4.34. The zero-order chi connectivity index (χ0) is 13.9. The monoisotopic (exact) mass is 297 g/mol. The molecule has 3 rings (SSSR count). The number of rotatable bonds is 5. The van der Waals surface area contributed by atoms with Crippen LogP contribution < -0.4 is 9.47 Å². The molecule has 0 atom stereocenters. The molecule has 1 fully saturated rings. The number of nitrogens with zero attached hydrogens (tertiary/aromatic N) is 1. The third kappa shape index (κ3) is 2.87. The molecule has 0 radical (unpaired) electrons. The molecule has 1 saturated carbocycles. The lowest BCUT2D eigenvalue weighted by atomic mass is 9.91. The van der Waals surface area contributed by atoms with Crippen molar-refractivity contribution in [2.24, 2.45) is 0 Å². The standard InChI is InChI=1S/C15H20ClNO3/c16-13-8-11(9-14-15(13)20-7-6-19-14)10-17(4-5-18)12-2-1-3-12/h8-9,12,18H,1-7,10H2. The van der Waals surface area contributed by atoms with Crippen LogP contribution in [-0.4, -0.2) is 42.4 Å². The molecule has 0 saturated heterocycles. The van der Waals surface area contributed by atoms with Gasteiger partial charge in [-0.05, 0) is 30.5 Å². The Morgan fingerprint density at radius 2 is 2.05 bits per heavy atom. The molecule has 2 aliphatic rings. The van der Waals surface area contributed by atoms with E-state index in [-0.39, 0.29) is 6.61 Å². The van der Waals surface area contributed by atoms with Gasteiger partial charge in [-0.15, -0.1) is 0 Å². The molecule has 0 unspecified atom stereocenters. The van der Waals surface area contributed by atoms with E-state index in [0.717, 1.165) is 17.9 Å². The number of halogens is 1. The maximum atomic E-state index is 9.22. The number of fused-ring (bicyclic) bond motifs is 1. The van der Waals surface area contributed by atoms with E-state index in [1.165, 1.54) is 19.3 Å². The Hall–Kier alpha value is -0.970. The Labute approximate surface area is 124 Å². The summed E-state index contributed by atoms with van der Waals surface area (Å²) in [5.41, 5.74) is 1.11. The Morgan fingerprint density at radius 3 is 2.75 bits per heavy atom. The summed E-state index contributed by atoms with van der Waals surface area (Å²) < 4.78 is 11.1. The zero-order valence-corrected chi connectivity index (χ0v) is 12.2. The van der Waals surface area contributed by atoms with Gasteiger partial charge in [0.15, 0.2) is 11.5 Å². The second-order valence-electron chi connectivity index (χ2n) is 5.38. The van der Waals surface area contributed by atoms with Gasteiger partial charge in [0, 0.05) is 19.1 Å². The van der Waals surface area contributed by atoms with Crippen LogP contribution in [0.15, 0.2) is 12.1 Å². The van der Waals surface area contributed by atoms with Crippen LogP contribution in [0.25, 0.3) is 0 Å². The van der Waals surface area contributed by atoms with Crippen molar-refractivity contribution in [2.45, 2.75) is 31.8 Å². The van der Waals surface area contributed by atoms with E-state index < -0.39 is 0 Å². The molecule has 20 heavy (non-hydrogen) atoms. The predicted octanol–water partition coefficient (Wildman–Crippen LogP) is 2.46. The van der Waals surface area contributed by atoms with Crippen molar-refractivity contribution >= 4 is 11.6 Å². The molecule has 1 aromatic carbocycles. The lowest BCUT2D eigenvalue weighted by Crippen LogP contribution is -2.41. The number of hydrogen-bond donors (Lipinski definition) is 1. The van der Waals surface area contributed by atoms with Gasteiger partial charge in [0.05, 0.1) is 11.6 Å². The molecule has 0 spiro atoms. The highest BCUT2D eigenvalue weighted by Crippen LogP contribution is 2.39. The quantitative estimate of drug-likeness (QED) is 0.906. The second kappa shape index (κ2) is 6.20. The molecule has 0 amide bonds. The van der Waals surface area contributed by atoms with Crippen molar-refractivity contribution in [3.8, 4) is 11.5 Å². The molecule has 1 aliphatic heterocycles. The van der Waals surface area contributed by atoms with Gasteiger partial charge in [-0.25, -0.2) is 0 Å². The average Bonchev–Trinajstić information content (AvgIpc) is 2.37. The van der Waals surface area contributed by atoms with E-state index in [2.05, 4.69) is 4.90 Å². The van der Waals surface area contributed by atoms with Crippen molar-refractivity contribution in [1.82, 2.24) is 4.90 Å². The van der Waals surface area contributed by atoms with Crippen molar-refractivity contribution in [2.75, 3.05) is 26.4 Å². The minimum atomic E-state index is 0.189. The average molecular weight is 298 g/mol. The zero-order valence-electron chi connectivity index (χ0n) is 11.5. The van der Waals surface area contributed by atoms with Crippen molar-refractivity contribution in [3.63, 3.8) is 0 Å². The third-order valence-electron chi connectivity index (χ3n) is 4.02. The molecule has 1 aromatic rings. The SMILES string of the molecule is OCCN(Cc1cc(Cl)c2c(c1)OCCO2)C1CCC1. The van der Waals surface area contributed by atoms with Gasteiger partial charge in [0.25, 0.3) is 0 Å². The number of hydrogen-bond acceptors (Lipinski definition) is 4. The first-order chi connectivity index (χ1) is 9.78. The van der Waals surface area contributed by atoms with Crippen molar-refractivity contribution in [3.05, 3.63) is 22.7 Å². The number of ether oxygens (including phenoxy) is 2. The number of benzene rings is 1. The van der Waals surface area contributed by atoms with Crippen LogP contribution in [0, 0.1) is 0 Å². The Bertz CT molecular complexity index is 476. The molecular weight excluding hydrogens is 278 g/mol. The molecule has 0 bridgehead atoms. The highest BCUT2D eigenvalue weighted by Gasteiger charge is 2.25. The summed E-state index contributed by atoms with van der Waals surface area (Å²) in [5.74, 6) is 1.38. The van der Waals surface area contributed by atoms with Gasteiger partial charge in [0.2, 0.25) is 0 Å². The topological polar surface area (TPSA) is 41.9 Å². The van der Waals surface area contributed by atoms with Crippen LogP contribution in [0.5, 0.6) is 11.5 Å². The minimum absolute atomic E-state index is 0.189. The first-order valence-corrected chi connectivity index (χ1v) is 7.58. The maximum absolute atomic E-state index is 9.22.